The van der Waals surface area contributed by atoms with Crippen LogP contribution >= 0.6 is 0 Å². The maximum atomic E-state index is 13.0. The zero-order valence-electron chi connectivity index (χ0n) is 11.2. The van der Waals surface area contributed by atoms with E-state index in [1.165, 1.54) is 18.2 Å². The predicted molar refractivity (Wildman–Crippen MR) is 76.5 cm³/mol. The smallest absolute Gasteiger partial charge is 0.255 e. The van der Waals surface area contributed by atoms with Gasteiger partial charge in [-0.15, -0.1) is 0 Å². The topological polar surface area (TPSA) is 64.3 Å². The fraction of sp³-hybridized carbons (Fsp3) is 0.133. The van der Waals surface area contributed by atoms with Crippen LogP contribution in [0.15, 0.2) is 36.4 Å². The summed E-state index contributed by atoms with van der Waals surface area (Å²) in [5.41, 5.74) is 7.28. The Balaban J connectivity index is 2.21. The molecule has 0 fully saturated rings. The predicted octanol–water partition coefficient (Wildman–Crippen LogP) is 2.98. The van der Waals surface area contributed by atoms with E-state index >= 15 is 0 Å². The van der Waals surface area contributed by atoms with Gasteiger partial charge in [0.2, 0.25) is 0 Å². The average Bonchev–Trinajstić information content (AvgIpc) is 2.43. The minimum absolute atomic E-state index is 0.00992. The van der Waals surface area contributed by atoms with E-state index in [4.69, 9.17) is 10.5 Å². The minimum Gasteiger partial charge on any atom is -0.496 e. The Morgan fingerprint density at radius 2 is 2.00 bits per heavy atom. The highest BCUT2D eigenvalue weighted by atomic mass is 19.1. The molecule has 0 bridgehead atoms. The maximum Gasteiger partial charge on any atom is 0.255 e. The van der Waals surface area contributed by atoms with Crippen molar-refractivity contribution in [2.24, 2.45) is 0 Å². The largest absolute Gasteiger partial charge is 0.496 e. The van der Waals surface area contributed by atoms with E-state index in [2.05, 4.69) is 5.32 Å². The van der Waals surface area contributed by atoms with Gasteiger partial charge in [-0.3, -0.25) is 4.79 Å². The van der Waals surface area contributed by atoms with Crippen LogP contribution < -0.4 is 15.8 Å². The molecule has 0 aliphatic heterocycles. The fourth-order valence-corrected chi connectivity index (χ4v) is 1.79. The number of nitrogen functional groups attached to an aromatic ring is 1. The number of halogens is 1. The first-order valence-corrected chi connectivity index (χ1v) is 6.02. The van der Waals surface area contributed by atoms with Crippen molar-refractivity contribution in [2.75, 3.05) is 18.2 Å². The number of benzene rings is 2. The summed E-state index contributed by atoms with van der Waals surface area (Å²) in [6.45, 7) is 1.89. The van der Waals surface area contributed by atoms with Crippen molar-refractivity contribution in [1.29, 1.82) is 0 Å². The van der Waals surface area contributed by atoms with Crippen molar-refractivity contribution >= 4 is 17.3 Å². The number of ether oxygens (including phenoxy) is 1. The normalized spacial score (nSPS) is 10.2. The zero-order chi connectivity index (χ0) is 14.7. The van der Waals surface area contributed by atoms with E-state index in [0.717, 1.165) is 5.56 Å². The van der Waals surface area contributed by atoms with E-state index < -0.39 is 5.82 Å². The lowest BCUT2D eigenvalue weighted by Crippen LogP contribution is -2.12. The number of methoxy groups -OCH3 is 1. The van der Waals surface area contributed by atoms with Gasteiger partial charge in [-0.1, -0.05) is 6.07 Å². The highest BCUT2D eigenvalue weighted by molar-refractivity contribution is 6.04. The number of nitrogens with two attached hydrogens (primary N) is 1. The van der Waals surface area contributed by atoms with Gasteiger partial charge in [0.05, 0.1) is 12.8 Å². The van der Waals surface area contributed by atoms with Crippen molar-refractivity contribution in [3.63, 3.8) is 0 Å². The molecular weight excluding hydrogens is 259 g/mol. The number of rotatable bonds is 3. The third-order valence-electron chi connectivity index (χ3n) is 2.92. The Labute approximate surface area is 116 Å². The molecule has 0 aliphatic rings. The molecule has 0 aliphatic carbocycles. The van der Waals surface area contributed by atoms with Crippen molar-refractivity contribution in [2.45, 2.75) is 6.92 Å². The van der Waals surface area contributed by atoms with E-state index in [-0.39, 0.29) is 11.6 Å². The second kappa shape index (κ2) is 5.61. The molecule has 0 radical (unpaired) electrons. The molecule has 0 saturated carbocycles. The van der Waals surface area contributed by atoms with Crippen LogP contribution in [-0.2, 0) is 0 Å². The minimum atomic E-state index is -0.514. The SMILES string of the molecule is COc1cc(C(=O)Nc2ccc(F)c(N)c2)ccc1C. The molecule has 0 atom stereocenters. The van der Waals surface area contributed by atoms with Crippen molar-refractivity contribution < 1.29 is 13.9 Å². The molecular formula is C15H15FN2O2. The molecule has 1 amide bonds. The zero-order valence-corrected chi connectivity index (χ0v) is 11.2. The summed E-state index contributed by atoms with van der Waals surface area (Å²) < 4.78 is 18.2. The lowest BCUT2D eigenvalue weighted by molar-refractivity contribution is 0.102. The van der Waals surface area contributed by atoms with Gasteiger partial charge in [0.15, 0.2) is 0 Å². The van der Waals surface area contributed by atoms with E-state index in [0.29, 0.717) is 17.0 Å². The average molecular weight is 274 g/mol. The second-order valence-corrected chi connectivity index (χ2v) is 4.37. The summed E-state index contributed by atoms with van der Waals surface area (Å²) in [7, 11) is 1.55. The molecule has 2 rings (SSSR count). The summed E-state index contributed by atoms with van der Waals surface area (Å²) in [5, 5.41) is 2.66. The molecule has 0 heterocycles. The molecule has 0 aromatic heterocycles. The van der Waals surface area contributed by atoms with Gasteiger partial charge >= 0.3 is 0 Å². The Morgan fingerprint density at radius 3 is 2.65 bits per heavy atom. The Bertz CT molecular complexity index is 656. The van der Waals surface area contributed by atoms with Crippen molar-refractivity contribution in [3.05, 3.63) is 53.3 Å². The first kappa shape index (κ1) is 13.9. The van der Waals surface area contributed by atoms with Gasteiger partial charge in [-0.05, 0) is 42.8 Å². The number of amides is 1. The van der Waals surface area contributed by atoms with Gasteiger partial charge in [-0.2, -0.15) is 0 Å². The Kier molecular flexibility index (Phi) is 3.89. The van der Waals surface area contributed by atoms with Crippen LogP contribution in [0.3, 0.4) is 0 Å². The Hall–Kier alpha value is -2.56. The standard InChI is InChI=1S/C15H15FN2O2/c1-9-3-4-10(7-14(9)20-2)15(19)18-11-5-6-12(16)13(17)8-11/h3-8H,17H2,1-2H3,(H,18,19). The molecule has 2 aromatic rings. The molecule has 0 unspecified atom stereocenters. The molecule has 4 nitrogen and oxygen atoms in total. The number of aryl methyl sites for hydroxylation is 1. The van der Waals surface area contributed by atoms with E-state index in [1.807, 2.05) is 6.92 Å². The number of carbonyl (C=O) groups is 1. The van der Waals surface area contributed by atoms with Crippen LogP contribution in [0.2, 0.25) is 0 Å². The Morgan fingerprint density at radius 1 is 1.25 bits per heavy atom. The molecule has 104 valence electrons. The molecule has 0 spiro atoms. The number of hydrogen-bond donors (Lipinski definition) is 2. The third kappa shape index (κ3) is 2.88. The number of anilines is 2. The first-order valence-electron chi connectivity index (χ1n) is 6.02. The summed E-state index contributed by atoms with van der Waals surface area (Å²) in [6, 6.07) is 9.18. The van der Waals surface area contributed by atoms with Gasteiger partial charge in [0, 0.05) is 11.3 Å². The van der Waals surface area contributed by atoms with Crippen LogP contribution in [0.4, 0.5) is 15.8 Å². The number of carbonyl (C=O) groups excluding carboxylic acids is 1. The van der Waals surface area contributed by atoms with Gasteiger partial charge in [0.25, 0.3) is 5.91 Å². The van der Waals surface area contributed by atoms with Gasteiger partial charge < -0.3 is 15.8 Å². The quantitative estimate of drug-likeness (QED) is 0.846. The molecule has 5 heteroatoms. The van der Waals surface area contributed by atoms with Crippen LogP contribution in [0, 0.1) is 12.7 Å². The lowest BCUT2D eigenvalue weighted by Gasteiger charge is -2.09. The lowest BCUT2D eigenvalue weighted by atomic mass is 10.1. The van der Waals surface area contributed by atoms with Crippen LogP contribution in [0.1, 0.15) is 15.9 Å². The van der Waals surface area contributed by atoms with Crippen LogP contribution in [0.5, 0.6) is 5.75 Å². The first-order chi connectivity index (χ1) is 9.51. The third-order valence-corrected chi connectivity index (χ3v) is 2.92. The summed E-state index contributed by atoms with van der Waals surface area (Å²) in [4.78, 5) is 12.1. The van der Waals surface area contributed by atoms with E-state index in [9.17, 15) is 9.18 Å². The second-order valence-electron chi connectivity index (χ2n) is 4.37. The summed E-state index contributed by atoms with van der Waals surface area (Å²) in [5.74, 6) is -0.189. The summed E-state index contributed by atoms with van der Waals surface area (Å²) in [6.07, 6.45) is 0. The van der Waals surface area contributed by atoms with Crippen molar-refractivity contribution in [3.8, 4) is 5.75 Å². The van der Waals surface area contributed by atoms with E-state index in [1.54, 1.807) is 25.3 Å². The number of hydrogen-bond acceptors (Lipinski definition) is 3. The highest BCUT2D eigenvalue weighted by Gasteiger charge is 2.09. The van der Waals surface area contributed by atoms with Crippen LogP contribution in [-0.4, -0.2) is 13.0 Å². The monoisotopic (exact) mass is 274 g/mol. The maximum absolute atomic E-state index is 13.0. The molecule has 0 saturated heterocycles. The molecule has 2 aromatic carbocycles. The van der Waals surface area contributed by atoms with Gasteiger partial charge in [0.1, 0.15) is 11.6 Å². The van der Waals surface area contributed by atoms with Crippen molar-refractivity contribution in [1.82, 2.24) is 0 Å². The van der Waals surface area contributed by atoms with Gasteiger partial charge in [-0.25, -0.2) is 4.39 Å². The molecule has 20 heavy (non-hydrogen) atoms. The highest BCUT2D eigenvalue weighted by Crippen LogP contribution is 2.21. The number of nitrogens with one attached hydrogen (secondary N) is 1. The van der Waals surface area contributed by atoms with Crippen LogP contribution in [0.25, 0.3) is 0 Å². The fourth-order valence-electron chi connectivity index (χ4n) is 1.79. The molecule has 3 N–H and O–H groups in total. The summed E-state index contributed by atoms with van der Waals surface area (Å²) >= 11 is 0.